The highest BCUT2D eigenvalue weighted by molar-refractivity contribution is 5.97. The van der Waals surface area contributed by atoms with Gasteiger partial charge in [0.2, 0.25) is 11.8 Å². The van der Waals surface area contributed by atoms with Crippen LogP contribution in [0.5, 0.6) is 0 Å². The highest BCUT2D eigenvalue weighted by atomic mass is 16.2. The molecule has 4 N–H and O–H groups in total. The fourth-order valence-electron chi connectivity index (χ4n) is 3.56. The maximum absolute atomic E-state index is 13.2. The van der Waals surface area contributed by atoms with Crippen molar-refractivity contribution in [1.29, 1.82) is 0 Å². The fourth-order valence-corrected chi connectivity index (χ4v) is 3.56. The summed E-state index contributed by atoms with van der Waals surface area (Å²) in [5, 5.41) is 10.7. The lowest BCUT2D eigenvalue weighted by atomic mass is 10.1. The number of hydrogen-bond donors (Lipinski definition) is 4. The molecule has 0 saturated carbocycles. The fraction of sp³-hybridized carbons (Fsp3) is 0.400. The lowest BCUT2D eigenvalue weighted by Gasteiger charge is -2.42. The zero-order valence-corrected chi connectivity index (χ0v) is 18.0. The minimum absolute atomic E-state index is 0.0415. The van der Waals surface area contributed by atoms with Crippen LogP contribution in [0.3, 0.4) is 0 Å². The molecule has 1 atom stereocenters. The van der Waals surface area contributed by atoms with Gasteiger partial charge in [0.15, 0.2) is 0 Å². The van der Waals surface area contributed by atoms with E-state index in [1.807, 2.05) is 0 Å². The van der Waals surface area contributed by atoms with Gasteiger partial charge in [-0.25, -0.2) is 24.6 Å². The summed E-state index contributed by atoms with van der Waals surface area (Å²) in [5.74, 6) is -1.51. The van der Waals surface area contributed by atoms with Crippen molar-refractivity contribution < 1.29 is 28.8 Å². The van der Waals surface area contributed by atoms with Crippen LogP contribution in [0.4, 0.5) is 15.3 Å². The Morgan fingerprint density at radius 1 is 1.12 bits per heavy atom. The molecule has 0 aromatic heterocycles. The van der Waals surface area contributed by atoms with E-state index in [0.717, 1.165) is 10.0 Å². The molecule has 2 fully saturated rings. The van der Waals surface area contributed by atoms with Gasteiger partial charge in [-0.05, 0) is 37.1 Å². The van der Waals surface area contributed by atoms with Gasteiger partial charge >= 0.3 is 12.1 Å². The van der Waals surface area contributed by atoms with Gasteiger partial charge < -0.3 is 20.7 Å². The summed E-state index contributed by atoms with van der Waals surface area (Å²) in [7, 11) is 1.47. The smallest absolute Gasteiger partial charge is 0.347 e. The molecular formula is C20H25N7O6. The summed E-state index contributed by atoms with van der Waals surface area (Å²) in [6.45, 7) is -0.0183. The number of nitrogens with one attached hydrogen (secondary N) is 4. The molecule has 2 saturated heterocycles. The molecule has 1 unspecified atom stereocenters. The normalized spacial score (nSPS) is 18.1. The summed E-state index contributed by atoms with van der Waals surface area (Å²) < 4.78 is 0. The second kappa shape index (κ2) is 10.4. The molecule has 176 valence electrons. The van der Waals surface area contributed by atoms with Crippen LogP contribution in [-0.4, -0.2) is 83.8 Å². The molecule has 3 rings (SSSR count). The van der Waals surface area contributed by atoms with Gasteiger partial charge in [-0.1, -0.05) is 0 Å². The maximum atomic E-state index is 13.2. The van der Waals surface area contributed by atoms with Crippen LogP contribution in [0, 0.1) is 0 Å². The Morgan fingerprint density at radius 2 is 1.85 bits per heavy atom. The first kappa shape index (κ1) is 23.5. The number of carbonyl (C=O) groups is 6. The van der Waals surface area contributed by atoms with Crippen molar-refractivity contribution in [2.45, 2.75) is 25.3 Å². The van der Waals surface area contributed by atoms with Crippen LogP contribution in [0.15, 0.2) is 24.3 Å². The molecule has 33 heavy (non-hydrogen) atoms. The number of anilines is 1. The van der Waals surface area contributed by atoms with Crippen LogP contribution in [0.2, 0.25) is 0 Å². The lowest BCUT2D eigenvalue weighted by molar-refractivity contribution is -0.155. The van der Waals surface area contributed by atoms with Gasteiger partial charge in [0.05, 0.1) is 13.1 Å². The predicted molar refractivity (Wildman–Crippen MR) is 114 cm³/mol. The predicted octanol–water partition coefficient (Wildman–Crippen LogP) is -0.568. The first-order valence-electron chi connectivity index (χ1n) is 10.4. The average Bonchev–Trinajstić information content (AvgIpc) is 2.94. The molecule has 1 aromatic carbocycles. The zero-order chi connectivity index (χ0) is 24.0. The summed E-state index contributed by atoms with van der Waals surface area (Å²) in [6, 6.07) is 3.87. The number of carbonyl (C=O) groups excluding carboxylic acids is 6. The molecule has 7 amide bonds. The van der Waals surface area contributed by atoms with Gasteiger partial charge in [0.1, 0.15) is 12.3 Å². The molecule has 13 nitrogen and oxygen atoms in total. The summed E-state index contributed by atoms with van der Waals surface area (Å²) in [5.41, 5.74) is 3.18. The number of rotatable bonds is 6. The molecule has 0 spiro atoms. The Balaban J connectivity index is 1.75. The average molecular weight is 459 g/mol. The van der Waals surface area contributed by atoms with Crippen molar-refractivity contribution in [2.24, 2.45) is 0 Å². The summed E-state index contributed by atoms with van der Waals surface area (Å²) in [6.07, 6.45) is 1.30. The number of urea groups is 2. The van der Waals surface area contributed by atoms with Gasteiger partial charge in [0.25, 0.3) is 5.91 Å². The molecule has 2 heterocycles. The standard InChI is InChI=1S/C20H25N7O6/c1-21-19(32)23-14-6-4-13(5-7-14)17(30)24-25-11-8-16(29)26-10-2-3-15(27(26)20(25)33)18(31)22-9-12-28/h4-7,12,15H,2-3,8-11H2,1H3,(H,22,31)(H,24,30)(H2,21,23,32). The minimum Gasteiger partial charge on any atom is -0.347 e. The Kier molecular flexibility index (Phi) is 7.43. The molecule has 13 heteroatoms. The molecule has 2 aliphatic rings. The van der Waals surface area contributed by atoms with Gasteiger partial charge in [-0.15, -0.1) is 0 Å². The number of hydrogen-bond acceptors (Lipinski definition) is 6. The van der Waals surface area contributed by atoms with E-state index >= 15 is 0 Å². The van der Waals surface area contributed by atoms with Crippen LogP contribution in [0.1, 0.15) is 29.6 Å². The van der Waals surface area contributed by atoms with E-state index in [9.17, 15) is 28.8 Å². The first-order chi connectivity index (χ1) is 15.8. The van der Waals surface area contributed by atoms with Crippen LogP contribution >= 0.6 is 0 Å². The van der Waals surface area contributed by atoms with Gasteiger partial charge in [0, 0.05) is 31.3 Å². The number of amides is 7. The van der Waals surface area contributed by atoms with E-state index in [1.165, 1.54) is 36.3 Å². The van der Waals surface area contributed by atoms with E-state index < -0.39 is 29.9 Å². The number of hydrazine groups is 2. The number of fused-ring (bicyclic) bond motifs is 1. The Morgan fingerprint density at radius 3 is 2.52 bits per heavy atom. The van der Waals surface area contributed by atoms with Gasteiger partial charge in [-0.2, -0.15) is 0 Å². The van der Waals surface area contributed by atoms with Crippen molar-refractivity contribution in [3.05, 3.63) is 29.8 Å². The quantitative estimate of drug-likeness (QED) is 0.417. The Labute approximate surface area is 189 Å². The second-order valence-corrected chi connectivity index (χ2v) is 7.34. The van der Waals surface area contributed by atoms with Crippen molar-refractivity contribution >= 4 is 41.8 Å². The minimum atomic E-state index is -0.984. The zero-order valence-electron chi connectivity index (χ0n) is 18.0. The lowest BCUT2D eigenvalue weighted by Crippen LogP contribution is -2.64. The first-order valence-corrected chi connectivity index (χ1v) is 10.4. The van der Waals surface area contributed by atoms with E-state index in [-0.39, 0.29) is 37.5 Å². The number of aldehydes is 1. The monoisotopic (exact) mass is 459 g/mol. The van der Waals surface area contributed by atoms with Crippen molar-refractivity contribution in [3.8, 4) is 0 Å². The molecule has 0 aliphatic carbocycles. The third-order valence-corrected chi connectivity index (χ3v) is 5.20. The second-order valence-electron chi connectivity index (χ2n) is 7.34. The highest BCUT2D eigenvalue weighted by Crippen LogP contribution is 2.23. The summed E-state index contributed by atoms with van der Waals surface area (Å²) in [4.78, 5) is 73.0. The third kappa shape index (κ3) is 5.37. The molecule has 1 aromatic rings. The van der Waals surface area contributed by atoms with E-state index in [2.05, 4.69) is 21.4 Å². The van der Waals surface area contributed by atoms with Crippen molar-refractivity contribution in [3.63, 3.8) is 0 Å². The van der Waals surface area contributed by atoms with Crippen LogP contribution in [-0.2, 0) is 14.4 Å². The molecule has 0 bridgehead atoms. The Bertz CT molecular complexity index is 951. The van der Waals surface area contributed by atoms with Crippen LogP contribution < -0.4 is 21.4 Å². The topological polar surface area (TPSA) is 160 Å². The van der Waals surface area contributed by atoms with E-state index in [1.54, 1.807) is 0 Å². The summed E-state index contributed by atoms with van der Waals surface area (Å²) >= 11 is 0. The molecule has 2 aliphatic heterocycles. The molecule has 0 radical (unpaired) electrons. The number of benzene rings is 1. The third-order valence-electron chi connectivity index (χ3n) is 5.20. The largest absolute Gasteiger partial charge is 0.358 e. The number of nitrogens with zero attached hydrogens (tertiary/aromatic N) is 3. The Hall–Kier alpha value is -4.16. The highest BCUT2D eigenvalue weighted by Gasteiger charge is 2.43. The van der Waals surface area contributed by atoms with E-state index in [4.69, 9.17) is 0 Å². The van der Waals surface area contributed by atoms with Crippen molar-refractivity contribution in [2.75, 3.05) is 32.0 Å². The van der Waals surface area contributed by atoms with E-state index in [0.29, 0.717) is 24.8 Å². The molecular weight excluding hydrogens is 434 g/mol. The van der Waals surface area contributed by atoms with Crippen molar-refractivity contribution in [1.82, 2.24) is 31.1 Å². The maximum Gasteiger partial charge on any atom is 0.358 e. The van der Waals surface area contributed by atoms with Gasteiger partial charge in [-0.3, -0.25) is 19.8 Å². The van der Waals surface area contributed by atoms with Crippen LogP contribution in [0.25, 0.3) is 0 Å². The SMILES string of the molecule is CNC(=O)Nc1ccc(C(=O)NN2CCC(=O)N3CCCC(C(=O)NCC=O)N3C2=O)cc1.